The van der Waals surface area contributed by atoms with Crippen LogP contribution in [0.25, 0.3) is 0 Å². The normalized spacial score (nSPS) is 13.9. The van der Waals surface area contributed by atoms with Crippen LogP contribution in [0.15, 0.2) is 18.3 Å². The van der Waals surface area contributed by atoms with Crippen molar-refractivity contribution in [3.05, 3.63) is 29.6 Å². The molecular weight excluding hydrogens is 207 g/mol. The molecular formula is C10H12F3NO. The molecule has 0 radical (unpaired) electrons. The minimum atomic E-state index is -4.41. The number of halogens is 3. The van der Waals surface area contributed by atoms with Crippen LogP contribution in [-0.4, -0.2) is 16.2 Å². The van der Waals surface area contributed by atoms with Crippen molar-refractivity contribution in [2.75, 3.05) is 0 Å². The molecule has 5 heteroatoms. The average molecular weight is 219 g/mol. The molecule has 0 aliphatic heterocycles. The molecule has 0 aliphatic carbocycles. The van der Waals surface area contributed by atoms with Crippen molar-refractivity contribution in [1.29, 1.82) is 0 Å². The van der Waals surface area contributed by atoms with Crippen LogP contribution < -0.4 is 0 Å². The smallest absolute Gasteiger partial charge is 0.393 e. The van der Waals surface area contributed by atoms with Gasteiger partial charge in [0.15, 0.2) is 0 Å². The van der Waals surface area contributed by atoms with Crippen molar-refractivity contribution in [3.63, 3.8) is 0 Å². The van der Waals surface area contributed by atoms with Gasteiger partial charge in [-0.25, -0.2) is 0 Å². The van der Waals surface area contributed by atoms with E-state index < -0.39 is 17.8 Å². The van der Waals surface area contributed by atoms with Gasteiger partial charge in [-0.1, -0.05) is 6.92 Å². The maximum absolute atomic E-state index is 12.5. The number of aliphatic hydroxyl groups is 1. The van der Waals surface area contributed by atoms with E-state index in [2.05, 4.69) is 4.98 Å². The molecule has 0 saturated carbocycles. The van der Waals surface area contributed by atoms with Crippen LogP contribution in [0.2, 0.25) is 0 Å². The number of pyridine rings is 1. The van der Waals surface area contributed by atoms with Crippen molar-refractivity contribution in [2.45, 2.75) is 32.0 Å². The number of aromatic nitrogens is 1. The van der Waals surface area contributed by atoms with Gasteiger partial charge in [-0.2, -0.15) is 13.2 Å². The molecule has 1 atom stereocenters. The standard InChI is InChI=1S/C10H12F3NO/c1-2-7(15)6-9-8(10(11,12)13)4-3-5-14-9/h3-5,7,15H,2,6H2,1H3. The fourth-order valence-electron chi connectivity index (χ4n) is 1.23. The maximum atomic E-state index is 12.5. The number of aliphatic hydroxyl groups excluding tert-OH is 1. The van der Waals surface area contributed by atoms with E-state index in [1.165, 1.54) is 12.3 Å². The quantitative estimate of drug-likeness (QED) is 0.846. The van der Waals surface area contributed by atoms with Crippen LogP contribution in [0.1, 0.15) is 24.6 Å². The van der Waals surface area contributed by atoms with E-state index in [9.17, 15) is 18.3 Å². The molecule has 2 nitrogen and oxygen atoms in total. The van der Waals surface area contributed by atoms with Gasteiger partial charge in [0.05, 0.1) is 17.4 Å². The summed E-state index contributed by atoms with van der Waals surface area (Å²) < 4.78 is 37.4. The molecule has 0 bridgehead atoms. The van der Waals surface area contributed by atoms with Crippen molar-refractivity contribution < 1.29 is 18.3 Å². The Morgan fingerprint density at radius 2 is 2.13 bits per heavy atom. The van der Waals surface area contributed by atoms with Gasteiger partial charge >= 0.3 is 6.18 Å². The van der Waals surface area contributed by atoms with Gasteiger partial charge in [-0.15, -0.1) is 0 Å². The minimum absolute atomic E-state index is 0.0633. The fourth-order valence-corrected chi connectivity index (χ4v) is 1.23. The molecule has 1 heterocycles. The molecule has 1 aromatic rings. The van der Waals surface area contributed by atoms with Crippen LogP contribution >= 0.6 is 0 Å². The molecule has 0 aliphatic rings. The van der Waals surface area contributed by atoms with E-state index in [1.807, 2.05) is 0 Å². The second kappa shape index (κ2) is 4.61. The summed E-state index contributed by atoms with van der Waals surface area (Å²) in [6.07, 6.45) is -3.54. The second-order valence-corrected chi connectivity index (χ2v) is 3.26. The molecule has 0 fully saturated rings. The number of rotatable bonds is 3. The van der Waals surface area contributed by atoms with Crippen LogP contribution in [0.4, 0.5) is 13.2 Å². The van der Waals surface area contributed by atoms with Gasteiger partial charge in [0, 0.05) is 12.6 Å². The third-order valence-electron chi connectivity index (χ3n) is 2.10. The predicted octanol–water partition coefficient (Wildman–Crippen LogP) is 2.41. The van der Waals surface area contributed by atoms with Crippen LogP contribution in [0.5, 0.6) is 0 Å². The molecule has 1 rings (SSSR count). The minimum Gasteiger partial charge on any atom is -0.393 e. The highest BCUT2D eigenvalue weighted by molar-refractivity contribution is 5.23. The van der Waals surface area contributed by atoms with Crippen LogP contribution in [-0.2, 0) is 12.6 Å². The zero-order chi connectivity index (χ0) is 11.5. The SMILES string of the molecule is CCC(O)Cc1ncccc1C(F)(F)F. The van der Waals surface area contributed by atoms with Crippen molar-refractivity contribution in [1.82, 2.24) is 4.98 Å². The van der Waals surface area contributed by atoms with E-state index in [1.54, 1.807) is 6.92 Å². The summed E-state index contributed by atoms with van der Waals surface area (Å²) in [7, 11) is 0. The Bertz CT molecular complexity index is 325. The Balaban J connectivity index is 2.97. The average Bonchev–Trinajstić information content (AvgIpc) is 2.17. The van der Waals surface area contributed by atoms with Gasteiger partial charge in [0.2, 0.25) is 0 Å². The van der Waals surface area contributed by atoms with Gasteiger partial charge in [0.25, 0.3) is 0 Å². The van der Waals surface area contributed by atoms with Crippen molar-refractivity contribution in [3.8, 4) is 0 Å². The van der Waals surface area contributed by atoms with Crippen molar-refractivity contribution in [2.24, 2.45) is 0 Å². The Morgan fingerprint density at radius 3 is 2.67 bits per heavy atom. The third-order valence-corrected chi connectivity index (χ3v) is 2.10. The molecule has 15 heavy (non-hydrogen) atoms. The Hall–Kier alpha value is -1.10. The lowest BCUT2D eigenvalue weighted by atomic mass is 10.1. The first-order valence-corrected chi connectivity index (χ1v) is 4.64. The van der Waals surface area contributed by atoms with E-state index in [4.69, 9.17) is 0 Å². The van der Waals surface area contributed by atoms with E-state index >= 15 is 0 Å². The highest BCUT2D eigenvalue weighted by Gasteiger charge is 2.33. The number of hydrogen-bond donors (Lipinski definition) is 1. The molecule has 1 unspecified atom stereocenters. The molecule has 84 valence electrons. The maximum Gasteiger partial charge on any atom is 0.418 e. The fraction of sp³-hybridized carbons (Fsp3) is 0.500. The monoisotopic (exact) mass is 219 g/mol. The van der Waals surface area contributed by atoms with Gasteiger partial charge in [-0.05, 0) is 18.6 Å². The molecule has 1 N–H and O–H groups in total. The van der Waals surface area contributed by atoms with Crippen LogP contribution in [0, 0.1) is 0 Å². The molecule has 0 spiro atoms. The number of hydrogen-bond acceptors (Lipinski definition) is 2. The first kappa shape index (κ1) is 12.0. The molecule has 0 saturated heterocycles. The van der Waals surface area contributed by atoms with E-state index in [0.717, 1.165) is 6.07 Å². The lowest BCUT2D eigenvalue weighted by molar-refractivity contribution is -0.138. The summed E-state index contributed by atoms with van der Waals surface area (Å²) in [5, 5.41) is 9.29. The van der Waals surface area contributed by atoms with E-state index in [0.29, 0.717) is 6.42 Å². The van der Waals surface area contributed by atoms with Gasteiger partial charge in [0.1, 0.15) is 0 Å². The largest absolute Gasteiger partial charge is 0.418 e. The summed E-state index contributed by atoms with van der Waals surface area (Å²) in [5.41, 5.74) is -0.864. The highest BCUT2D eigenvalue weighted by atomic mass is 19.4. The Kier molecular flexibility index (Phi) is 3.68. The number of alkyl halides is 3. The predicted molar refractivity (Wildman–Crippen MR) is 49.2 cm³/mol. The first-order chi connectivity index (χ1) is 6.95. The van der Waals surface area contributed by atoms with Crippen molar-refractivity contribution >= 4 is 0 Å². The Morgan fingerprint density at radius 1 is 1.47 bits per heavy atom. The zero-order valence-electron chi connectivity index (χ0n) is 8.25. The summed E-state index contributed by atoms with van der Waals surface area (Å²) in [5.74, 6) is 0. The van der Waals surface area contributed by atoms with Crippen LogP contribution in [0.3, 0.4) is 0 Å². The second-order valence-electron chi connectivity index (χ2n) is 3.26. The van der Waals surface area contributed by atoms with E-state index in [-0.39, 0.29) is 12.1 Å². The lowest BCUT2D eigenvalue weighted by Gasteiger charge is -2.13. The highest BCUT2D eigenvalue weighted by Crippen LogP contribution is 2.31. The molecule has 0 amide bonds. The zero-order valence-corrected chi connectivity index (χ0v) is 8.25. The topological polar surface area (TPSA) is 33.1 Å². The molecule has 0 aromatic carbocycles. The van der Waals surface area contributed by atoms with Gasteiger partial charge < -0.3 is 5.11 Å². The third kappa shape index (κ3) is 3.20. The molecule has 1 aromatic heterocycles. The summed E-state index contributed by atoms with van der Waals surface area (Å²) >= 11 is 0. The summed E-state index contributed by atoms with van der Waals surface area (Å²) in [4.78, 5) is 3.65. The lowest BCUT2D eigenvalue weighted by Crippen LogP contribution is -2.16. The Labute approximate surface area is 85.8 Å². The first-order valence-electron chi connectivity index (χ1n) is 4.64. The number of nitrogens with zero attached hydrogens (tertiary/aromatic N) is 1. The van der Waals surface area contributed by atoms with Gasteiger partial charge in [-0.3, -0.25) is 4.98 Å². The summed E-state index contributed by atoms with van der Waals surface area (Å²) in [6.45, 7) is 1.71. The summed E-state index contributed by atoms with van der Waals surface area (Å²) in [6, 6.07) is 2.22.